The minimum absolute atomic E-state index is 0.263. The Kier molecular flexibility index (Phi) is 5.64. The molecule has 1 aliphatic rings. The van der Waals surface area contributed by atoms with Crippen LogP contribution in [0.15, 0.2) is 72.9 Å². The molecule has 3 aromatic carbocycles. The second-order valence-corrected chi connectivity index (χ2v) is 14.4. The van der Waals surface area contributed by atoms with Gasteiger partial charge in [-0.3, -0.25) is 4.98 Å². The van der Waals surface area contributed by atoms with Gasteiger partial charge in [0.05, 0.1) is 45.8 Å². The zero-order valence-electron chi connectivity index (χ0n) is 24.9. The average molecular weight is 528 g/mol. The first-order valence-electron chi connectivity index (χ1n) is 14.9. The Balaban J connectivity index is 1.36. The van der Waals surface area contributed by atoms with Crippen molar-refractivity contribution < 1.29 is 0 Å². The second-order valence-electron chi connectivity index (χ2n) is 14.4. The predicted octanol–water partition coefficient (Wildman–Crippen LogP) is 8.40. The van der Waals surface area contributed by atoms with Gasteiger partial charge < -0.3 is 4.40 Å². The lowest BCUT2D eigenvalue weighted by Crippen LogP contribution is -2.41. The van der Waals surface area contributed by atoms with Crippen LogP contribution in [0.1, 0.15) is 71.4 Å². The Morgan fingerprint density at radius 3 is 2.12 bits per heavy atom. The molecule has 0 bridgehead atoms. The summed E-state index contributed by atoms with van der Waals surface area (Å²) in [6, 6.07) is 24.3. The van der Waals surface area contributed by atoms with Crippen LogP contribution in [0.25, 0.3) is 49.4 Å². The number of rotatable bonds is 3. The van der Waals surface area contributed by atoms with E-state index in [-0.39, 0.29) is 10.7 Å². The first kappa shape index (κ1) is 26.7. The van der Waals surface area contributed by atoms with Crippen molar-refractivity contribution in [3.05, 3.63) is 84.1 Å². The van der Waals surface area contributed by atoms with Crippen LogP contribution >= 0.6 is 0 Å². The summed E-state index contributed by atoms with van der Waals surface area (Å²) in [4.78, 5) is 4.80. The summed E-state index contributed by atoms with van der Waals surface area (Å²) in [6.07, 6.45) is 6.19. The third-order valence-corrected chi connectivity index (χ3v) is 10.2. The van der Waals surface area contributed by atoms with Crippen LogP contribution in [0.2, 0.25) is 0 Å². The zero-order valence-corrected chi connectivity index (χ0v) is 24.9. The number of hydrogen-bond acceptors (Lipinski definition) is 1. The Bertz CT molecular complexity index is 1930. The van der Waals surface area contributed by atoms with E-state index in [0.29, 0.717) is 5.41 Å². The van der Waals surface area contributed by atoms with E-state index in [1.807, 2.05) is 39.1 Å². The fourth-order valence-corrected chi connectivity index (χ4v) is 6.85. The molecule has 0 saturated heterocycles. The fraction of sp³-hybridized carbons (Fsp3) is 0.361. The lowest BCUT2D eigenvalue weighted by Gasteiger charge is -2.42. The molecule has 3 aromatic heterocycles. The van der Waals surface area contributed by atoms with Gasteiger partial charge in [0.25, 0.3) is 0 Å². The van der Waals surface area contributed by atoms with Crippen molar-refractivity contribution >= 4 is 61.6 Å². The largest absolute Gasteiger partial charge is 0.308 e. The molecule has 0 atom stereocenters. The highest BCUT2D eigenvalue weighted by Crippen LogP contribution is 2.47. The molecule has 2 nitrogen and oxygen atoms in total. The smallest absolute Gasteiger partial charge is 0.0810 e. The van der Waals surface area contributed by atoms with Gasteiger partial charge in [0.1, 0.15) is 0 Å². The van der Waals surface area contributed by atoms with Gasteiger partial charge in [0.15, 0.2) is 0 Å². The highest BCUT2D eigenvalue weighted by atomic mass is 14.9. The molecular weight excluding hydrogens is 493 g/mol. The summed E-state index contributed by atoms with van der Waals surface area (Å²) in [6.45, 7) is 10.9. The lowest BCUT2D eigenvalue weighted by molar-refractivity contribution is 0.206. The standard InChI is InChI=1S/C36H35B3N2/c1-33(2,3)36(38,39)24-10-13-29(40-21-24)22-9-12-25-26-7-6-8-27-28-20-23(35(37)17-15-34(4,5)16-18-35)11-14-30(28)41(32(26)27)31(25)19-22/h6-14,19-21H,15-18H2,1-5H3. The monoisotopic (exact) mass is 528 g/mol. The van der Waals surface area contributed by atoms with Gasteiger partial charge in [-0.2, -0.15) is 0 Å². The summed E-state index contributed by atoms with van der Waals surface area (Å²) in [5.41, 5.74) is 7.81. The summed E-state index contributed by atoms with van der Waals surface area (Å²) < 4.78 is 2.43. The molecule has 6 radical (unpaired) electrons. The van der Waals surface area contributed by atoms with Crippen molar-refractivity contribution in [2.75, 3.05) is 0 Å². The molecule has 1 fully saturated rings. The summed E-state index contributed by atoms with van der Waals surface area (Å²) >= 11 is 0. The van der Waals surface area contributed by atoms with Crippen molar-refractivity contribution in [2.45, 2.75) is 70.8 Å². The highest BCUT2D eigenvalue weighted by molar-refractivity contribution is 6.40. The molecule has 198 valence electrons. The minimum Gasteiger partial charge on any atom is -0.308 e. The average Bonchev–Trinajstić information content (AvgIpc) is 3.45. The van der Waals surface area contributed by atoms with E-state index in [0.717, 1.165) is 42.5 Å². The number of nitrogens with zero attached hydrogens (tertiary/aromatic N) is 2. The van der Waals surface area contributed by atoms with E-state index in [1.54, 1.807) is 0 Å². The fourth-order valence-electron chi connectivity index (χ4n) is 6.85. The van der Waals surface area contributed by atoms with E-state index < -0.39 is 5.21 Å². The van der Waals surface area contributed by atoms with Gasteiger partial charge in [-0.15, -0.1) is 0 Å². The van der Waals surface area contributed by atoms with Crippen LogP contribution in [0.3, 0.4) is 0 Å². The third-order valence-electron chi connectivity index (χ3n) is 10.2. The first-order chi connectivity index (χ1) is 19.3. The minimum atomic E-state index is -0.970. The molecule has 0 unspecified atom stereocenters. The molecule has 1 aliphatic carbocycles. The number of benzene rings is 3. The number of pyridine rings is 1. The molecule has 0 amide bonds. The quantitative estimate of drug-likeness (QED) is 0.211. The van der Waals surface area contributed by atoms with Crippen LogP contribution in [-0.2, 0) is 10.5 Å². The Morgan fingerprint density at radius 1 is 0.756 bits per heavy atom. The summed E-state index contributed by atoms with van der Waals surface area (Å²) in [7, 11) is 20.1. The zero-order chi connectivity index (χ0) is 28.9. The topological polar surface area (TPSA) is 17.3 Å². The molecule has 0 spiro atoms. The van der Waals surface area contributed by atoms with E-state index in [2.05, 4.69) is 72.8 Å². The molecular formula is C36H35B3N2. The normalized spacial score (nSPS) is 17.7. The molecule has 3 heterocycles. The number of para-hydroxylation sites is 1. The molecule has 41 heavy (non-hydrogen) atoms. The maximum absolute atomic E-state index is 7.08. The highest BCUT2D eigenvalue weighted by Gasteiger charge is 2.36. The van der Waals surface area contributed by atoms with Crippen molar-refractivity contribution in [1.82, 2.24) is 9.38 Å². The lowest BCUT2D eigenvalue weighted by atomic mass is 9.41. The SMILES string of the molecule is [B]C1(c2ccc3c(c2)c2cccc4c5ccc(-c6ccc(C([B])([B])C(C)(C)C)cn6)cc5n3c24)CCC(C)(C)CC1. The molecule has 0 N–H and O–H groups in total. The van der Waals surface area contributed by atoms with E-state index in [1.165, 1.54) is 43.7 Å². The van der Waals surface area contributed by atoms with Gasteiger partial charge in [0.2, 0.25) is 0 Å². The molecule has 7 rings (SSSR count). The van der Waals surface area contributed by atoms with Crippen molar-refractivity contribution in [3.8, 4) is 11.3 Å². The van der Waals surface area contributed by atoms with Gasteiger partial charge in [-0.25, -0.2) is 0 Å². The van der Waals surface area contributed by atoms with Crippen LogP contribution in [0.4, 0.5) is 0 Å². The second kappa shape index (κ2) is 8.66. The number of aromatic nitrogens is 2. The summed E-state index contributed by atoms with van der Waals surface area (Å²) in [5.74, 6) is 0. The summed E-state index contributed by atoms with van der Waals surface area (Å²) in [5, 5.41) is 3.84. The van der Waals surface area contributed by atoms with Gasteiger partial charge >= 0.3 is 0 Å². The van der Waals surface area contributed by atoms with Crippen LogP contribution in [0.5, 0.6) is 0 Å². The Hall–Kier alpha value is -3.20. The van der Waals surface area contributed by atoms with Gasteiger partial charge in [-0.05, 0) is 64.4 Å². The number of fused-ring (bicyclic) bond motifs is 6. The van der Waals surface area contributed by atoms with Crippen molar-refractivity contribution in [3.63, 3.8) is 0 Å². The molecule has 1 saturated carbocycles. The first-order valence-corrected chi connectivity index (χ1v) is 14.9. The van der Waals surface area contributed by atoms with Gasteiger partial charge in [0, 0.05) is 33.3 Å². The number of hydrogen-bond donors (Lipinski definition) is 0. The van der Waals surface area contributed by atoms with Crippen molar-refractivity contribution in [1.29, 1.82) is 0 Å². The van der Waals surface area contributed by atoms with E-state index in [4.69, 9.17) is 28.5 Å². The van der Waals surface area contributed by atoms with Crippen LogP contribution < -0.4 is 0 Å². The molecule has 6 aromatic rings. The Labute approximate surface area is 247 Å². The van der Waals surface area contributed by atoms with Crippen LogP contribution in [0, 0.1) is 10.8 Å². The molecule has 5 heteroatoms. The van der Waals surface area contributed by atoms with Crippen molar-refractivity contribution in [2.24, 2.45) is 10.8 Å². The van der Waals surface area contributed by atoms with E-state index >= 15 is 0 Å². The maximum atomic E-state index is 7.08. The molecule has 0 aliphatic heterocycles. The predicted molar refractivity (Wildman–Crippen MR) is 177 cm³/mol. The Morgan fingerprint density at radius 2 is 1.46 bits per heavy atom. The third kappa shape index (κ3) is 3.98. The maximum Gasteiger partial charge on any atom is 0.0810 e. The van der Waals surface area contributed by atoms with Gasteiger partial charge in [-0.1, -0.05) is 95.1 Å². The van der Waals surface area contributed by atoms with E-state index in [9.17, 15) is 0 Å². The van der Waals surface area contributed by atoms with Crippen LogP contribution in [-0.4, -0.2) is 32.9 Å².